The lowest BCUT2D eigenvalue weighted by Gasteiger charge is -2.44. The van der Waals surface area contributed by atoms with Crippen LogP contribution in [0.25, 0.3) is 0 Å². The van der Waals surface area contributed by atoms with Crippen molar-refractivity contribution in [2.24, 2.45) is 5.92 Å². The van der Waals surface area contributed by atoms with E-state index in [1.807, 2.05) is 0 Å². The summed E-state index contributed by atoms with van der Waals surface area (Å²) in [6.45, 7) is 0.943. The van der Waals surface area contributed by atoms with Crippen LogP contribution in [0.5, 0.6) is 0 Å². The van der Waals surface area contributed by atoms with E-state index < -0.39 is 167 Å². The summed E-state index contributed by atoms with van der Waals surface area (Å²) in [4.78, 5) is 12.2. The first-order valence-electron chi connectivity index (χ1n) is 18.3. The van der Waals surface area contributed by atoms with Gasteiger partial charge in [0.05, 0.1) is 37.9 Å². The third kappa shape index (κ3) is 9.13. The van der Waals surface area contributed by atoms with Gasteiger partial charge in [-0.2, -0.15) is 0 Å². The van der Waals surface area contributed by atoms with Crippen molar-refractivity contribution in [3.8, 4) is 0 Å². The summed E-state index contributed by atoms with van der Waals surface area (Å²) in [5, 5.41) is 135. The Morgan fingerprint density at radius 1 is 0.569 bits per heavy atom. The molecule has 4 saturated heterocycles. The highest BCUT2D eigenvalue weighted by Gasteiger charge is 2.51. The number of cyclic esters (lactones) is 1. The van der Waals surface area contributed by atoms with Crippen molar-refractivity contribution in [2.45, 2.75) is 129 Å². The summed E-state index contributed by atoms with van der Waals surface area (Å²) in [5.74, 6) is -1.37. The molecule has 330 valence electrons. The highest BCUT2D eigenvalue weighted by atomic mass is 16.8. The third-order valence-corrected chi connectivity index (χ3v) is 10.7. The average molecular weight is 843 g/mol. The smallest absolute Gasteiger partial charge is 0.341 e. The predicted molar refractivity (Wildman–Crippen MR) is 178 cm³/mol. The molecule has 22 unspecified atom stereocenters. The molecule has 0 aromatic rings. The van der Waals surface area contributed by atoms with E-state index >= 15 is 0 Å². The molecule has 0 spiro atoms. The van der Waals surface area contributed by atoms with Crippen LogP contribution in [0.15, 0.2) is 36.1 Å². The quantitative estimate of drug-likeness (QED) is 0.0605. The Morgan fingerprint density at radius 3 is 1.40 bits per heavy atom. The van der Waals surface area contributed by atoms with Crippen molar-refractivity contribution in [1.29, 1.82) is 0 Å². The zero-order valence-corrected chi connectivity index (χ0v) is 30.5. The fourth-order valence-electron chi connectivity index (χ4n) is 7.12. The molecule has 4 fully saturated rings. The first-order valence-corrected chi connectivity index (χ1v) is 18.3. The monoisotopic (exact) mass is 842 g/mol. The van der Waals surface area contributed by atoms with Gasteiger partial charge in [0.1, 0.15) is 111 Å². The molecule has 0 saturated carbocycles. The second-order valence-corrected chi connectivity index (χ2v) is 14.4. The molecular weight excluding hydrogens is 792 g/mol. The first-order chi connectivity index (χ1) is 27.6. The van der Waals surface area contributed by atoms with Crippen molar-refractivity contribution in [1.82, 2.24) is 0 Å². The van der Waals surface area contributed by atoms with Gasteiger partial charge < -0.3 is 114 Å². The minimum Gasteiger partial charge on any atom is -0.471 e. The van der Waals surface area contributed by atoms with Crippen LogP contribution in [0, 0.1) is 5.92 Å². The van der Waals surface area contributed by atoms with Gasteiger partial charge in [0, 0.05) is 0 Å². The molecule has 0 amide bonds. The Morgan fingerprint density at radius 2 is 0.966 bits per heavy atom. The van der Waals surface area contributed by atoms with E-state index in [1.54, 1.807) is 6.08 Å². The predicted octanol–water partition coefficient (Wildman–Crippen LogP) is -8.20. The van der Waals surface area contributed by atoms with Crippen molar-refractivity contribution in [3.05, 3.63) is 36.1 Å². The minimum absolute atomic E-state index is 0.0140. The fourth-order valence-corrected chi connectivity index (χ4v) is 7.12. The number of rotatable bonds is 13. The molecule has 13 N–H and O–H groups in total. The van der Waals surface area contributed by atoms with Crippen LogP contribution in [0.1, 0.15) is 0 Å². The number of hydrogen-bond donors (Lipinski definition) is 13. The van der Waals surface area contributed by atoms with E-state index in [2.05, 4.69) is 6.58 Å². The van der Waals surface area contributed by atoms with E-state index in [1.165, 1.54) is 6.08 Å². The highest BCUT2D eigenvalue weighted by Crippen LogP contribution is 2.36. The number of hydrogen-bond acceptors (Lipinski definition) is 24. The minimum atomic E-state index is -1.93. The number of carbonyl (C=O) groups excluding carboxylic acids is 1. The van der Waals surface area contributed by atoms with Crippen LogP contribution in [-0.4, -0.2) is 235 Å². The number of fused-ring (bicyclic) bond motifs is 1. The lowest BCUT2D eigenvalue weighted by Crippen LogP contribution is -2.63. The molecule has 0 bridgehead atoms. The Labute approximate surface area is 328 Å². The van der Waals surface area contributed by atoms with Gasteiger partial charge in [-0.15, -0.1) is 6.58 Å². The van der Waals surface area contributed by atoms with Gasteiger partial charge in [-0.25, -0.2) is 4.79 Å². The average Bonchev–Trinajstić information content (AvgIpc) is 3.21. The molecule has 6 aliphatic heterocycles. The van der Waals surface area contributed by atoms with Gasteiger partial charge in [-0.05, 0) is 11.6 Å². The van der Waals surface area contributed by atoms with Crippen molar-refractivity contribution >= 4 is 5.97 Å². The largest absolute Gasteiger partial charge is 0.471 e. The summed E-state index contributed by atoms with van der Waals surface area (Å²) in [6.07, 6.45) is -31.7. The van der Waals surface area contributed by atoms with Crippen LogP contribution in [-0.2, 0) is 52.2 Å². The summed E-state index contributed by atoms with van der Waals surface area (Å²) < 4.78 is 55.0. The summed E-state index contributed by atoms with van der Waals surface area (Å²) >= 11 is 0. The van der Waals surface area contributed by atoms with Gasteiger partial charge >= 0.3 is 5.97 Å². The first kappa shape index (κ1) is 45.2. The van der Waals surface area contributed by atoms with Gasteiger partial charge in [0.2, 0.25) is 6.29 Å². The molecular formula is C34H50O24. The van der Waals surface area contributed by atoms with Crippen LogP contribution in [0.3, 0.4) is 0 Å². The van der Waals surface area contributed by atoms with Gasteiger partial charge in [0.25, 0.3) is 0 Å². The van der Waals surface area contributed by atoms with Crippen LogP contribution < -0.4 is 0 Å². The van der Waals surface area contributed by atoms with E-state index in [0.29, 0.717) is 5.57 Å². The van der Waals surface area contributed by atoms with Crippen LogP contribution in [0.4, 0.5) is 0 Å². The highest BCUT2D eigenvalue weighted by molar-refractivity contribution is 5.94. The Balaban J connectivity index is 1.04. The number of aliphatic hydroxyl groups is 13. The molecule has 24 heteroatoms. The zero-order chi connectivity index (χ0) is 42.2. The van der Waals surface area contributed by atoms with Crippen LogP contribution in [0.2, 0.25) is 0 Å². The molecule has 22 atom stereocenters. The van der Waals surface area contributed by atoms with Crippen molar-refractivity contribution in [2.75, 3.05) is 33.0 Å². The Kier molecular flexibility index (Phi) is 14.9. The third-order valence-electron chi connectivity index (χ3n) is 10.7. The topological polar surface area (TPSA) is 372 Å². The van der Waals surface area contributed by atoms with E-state index in [4.69, 9.17) is 47.4 Å². The second kappa shape index (κ2) is 19.1. The summed E-state index contributed by atoms with van der Waals surface area (Å²) in [5.41, 5.74) is 0.614. The van der Waals surface area contributed by atoms with E-state index in [-0.39, 0.29) is 12.2 Å². The zero-order valence-electron chi connectivity index (χ0n) is 30.5. The molecule has 6 heterocycles. The number of esters is 1. The standard InChI is InChI=1S/C34H50O24/c1-2-10-11-3-4-49-29(48)12(11)6-50-30(10)58-34-28(47)24(43)20(39)16(57-34)9-53-33-27(46)23(42)19(38)15(56-33)8-52-32-26(45)22(41)18(37)14(55-32)7-51-31-25(44)21(40)17(36)13(5-35)54-31/h2-3,6,10,13-28,30-47H,1,4-5,7-9H2. The number of ether oxygens (including phenoxy) is 10. The van der Waals surface area contributed by atoms with Crippen LogP contribution >= 0.6 is 0 Å². The Hall–Kier alpha value is -2.35. The summed E-state index contributed by atoms with van der Waals surface area (Å²) in [7, 11) is 0. The molecule has 0 aromatic carbocycles. The van der Waals surface area contributed by atoms with Gasteiger partial charge in [0.15, 0.2) is 25.2 Å². The summed E-state index contributed by atoms with van der Waals surface area (Å²) in [6, 6.07) is 0. The molecule has 58 heavy (non-hydrogen) atoms. The normalized spacial score (nSPS) is 48.5. The maximum absolute atomic E-state index is 12.2. The molecule has 6 rings (SSSR count). The maximum Gasteiger partial charge on any atom is 0.341 e. The number of carbonyl (C=O) groups is 1. The molecule has 0 radical (unpaired) electrons. The van der Waals surface area contributed by atoms with Crippen molar-refractivity contribution in [3.63, 3.8) is 0 Å². The Bertz CT molecular complexity index is 1460. The number of aliphatic hydroxyl groups excluding tert-OH is 13. The molecule has 0 aromatic heterocycles. The maximum atomic E-state index is 12.2. The SMILES string of the molecule is C=CC1C2=CCOC(=O)C2=COC1OC1OC(COC2OC(COC3OC(COC4OC(CO)C(O)C(O)C4O)C(O)C(O)C3O)C(O)C(O)C2O)C(O)C(O)C1O. The molecule has 24 nitrogen and oxygen atoms in total. The van der Waals surface area contributed by atoms with Crippen molar-refractivity contribution < 1.29 is 119 Å². The lowest BCUT2D eigenvalue weighted by molar-refractivity contribution is -0.355. The molecule has 6 aliphatic rings. The molecule has 0 aliphatic carbocycles. The fraction of sp³-hybridized carbons (Fsp3) is 0.794. The van der Waals surface area contributed by atoms with Gasteiger partial charge in [-0.1, -0.05) is 6.08 Å². The van der Waals surface area contributed by atoms with Gasteiger partial charge in [-0.3, -0.25) is 0 Å². The second-order valence-electron chi connectivity index (χ2n) is 14.4. The van der Waals surface area contributed by atoms with E-state index in [0.717, 1.165) is 6.26 Å². The van der Waals surface area contributed by atoms with E-state index in [9.17, 15) is 71.2 Å². The lowest BCUT2D eigenvalue weighted by atomic mass is 9.89.